The Bertz CT molecular complexity index is 1350. The van der Waals surface area contributed by atoms with Gasteiger partial charge in [-0.3, -0.25) is 33.6 Å². The quantitative estimate of drug-likeness (QED) is 0.151. The molecular formula is C39H69N7O9. The van der Waals surface area contributed by atoms with Gasteiger partial charge in [-0.15, -0.1) is 0 Å². The molecule has 1 heterocycles. The maximum absolute atomic E-state index is 13.9. The van der Waals surface area contributed by atoms with E-state index in [0.717, 1.165) is 0 Å². The normalized spacial score (nSPS) is 27.3. The topological polar surface area (TPSA) is 230 Å². The number of amides is 7. The van der Waals surface area contributed by atoms with Crippen LogP contribution in [0.3, 0.4) is 0 Å². The lowest BCUT2D eigenvalue weighted by atomic mass is 9.98. The molecule has 8 atom stereocenters. The van der Waals surface area contributed by atoms with E-state index in [-0.39, 0.29) is 61.7 Å². The lowest BCUT2D eigenvalue weighted by molar-refractivity contribution is -0.155. The summed E-state index contributed by atoms with van der Waals surface area (Å²) in [5.41, 5.74) is 0. The molecule has 314 valence electrons. The zero-order valence-corrected chi connectivity index (χ0v) is 35.2. The van der Waals surface area contributed by atoms with Crippen molar-refractivity contribution in [3.8, 4) is 0 Å². The number of cyclic esters (lactones) is 1. The van der Waals surface area contributed by atoms with E-state index in [0.29, 0.717) is 0 Å². The standard InChI is InChI=1S/C39H69N7O9/c1-19(2)14-27-34(49)41-25(12)39(54)55-26(13)32(46-31(47)18-23(9)10)38(53)40-24(11)33(48)42-28(15-20(3)4)35(50)44-30(17-22(7)8)37(52)45-29(16-21(5)6)36(51)43-27/h19-30,32H,14-18H2,1-13H3,(H,40,53)(H,41,49)(H,42,48)(H,43,51)(H,44,50)(H,45,52)(H,46,47)/t24-,25-,26+,27-,28-,29+,30+,32-/m0/s1. The third kappa shape index (κ3) is 17.8. The van der Waals surface area contributed by atoms with E-state index < -0.39 is 95.7 Å². The number of esters is 1. The average molecular weight is 780 g/mol. The third-order valence-electron chi connectivity index (χ3n) is 8.79. The maximum Gasteiger partial charge on any atom is 0.328 e. The lowest BCUT2D eigenvalue weighted by Gasteiger charge is -2.30. The van der Waals surface area contributed by atoms with Gasteiger partial charge in [-0.25, -0.2) is 4.79 Å². The molecule has 16 nitrogen and oxygen atoms in total. The highest BCUT2D eigenvalue weighted by molar-refractivity contribution is 5.97. The Hall–Kier alpha value is -4.24. The van der Waals surface area contributed by atoms with Crippen molar-refractivity contribution in [3.05, 3.63) is 0 Å². The zero-order chi connectivity index (χ0) is 42.3. The van der Waals surface area contributed by atoms with Crippen molar-refractivity contribution in [2.75, 3.05) is 0 Å². The van der Waals surface area contributed by atoms with Gasteiger partial charge >= 0.3 is 5.97 Å². The predicted molar refractivity (Wildman–Crippen MR) is 208 cm³/mol. The molecule has 7 amide bonds. The summed E-state index contributed by atoms with van der Waals surface area (Å²) < 4.78 is 5.58. The first-order valence-electron chi connectivity index (χ1n) is 19.7. The van der Waals surface area contributed by atoms with Crippen LogP contribution in [0.5, 0.6) is 0 Å². The number of nitrogens with one attached hydrogen (secondary N) is 7. The van der Waals surface area contributed by atoms with Crippen LogP contribution >= 0.6 is 0 Å². The van der Waals surface area contributed by atoms with Gasteiger partial charge in [-0.05, 0) is 76.0 Å². The van der Waals surface area contributed by atoms with Crippen LogP contribution in [0, 0.1) is 29.6 Å². The summed E-state index contributed by atoms with van der Waals surface area (Å²) in [5.74, 6) is -5.75. The number of ether oxygens (including phenoxy) is 1. The Balaban J connectivity index is 3.76. The van der Waals surface area contributed by atoms with Crippen LogP contribution in [0.15, 0.2) is 0 Å². The number of carbonyl (C=O) groups excluding carboxylic acids is 8. The fourth-order valence-electron chi connectivity index (χ4n) is 6.02. The molecule has 55 heavy (non-hydrogen) atoms. The predicted octanol–water partition coefficient (Wildman–Crippen LogP) is 1.60. The van der Waals surface area contributed by atoms with E-state index in [2.05, 4.69) is 37.2 Å². The Kier molecular flexibility index (Phi) is 20.4. The van der Waals surface area contributed by atoms with Crippen molar-refractivity contribution in [3.63, 3.8) is 0 Å². The highest BCUT2D eigenvalue weighted by Crippen LogP contribution is 2.14. The van der Waals surface area contributed by atoms with E-state index >= 15 is 0 Å². The molecule has 1 saturated heterocycles. The summed E-state index contributed by atoms with van der Waals surface area (Å²) in [5, 5.41) is 18.8. The molecule has 1 fully saturated rings. The van der Waals surface area contributed by atoms with Gasteiger partial charge in [0.05, 0.1) is 0 Å². The summed E-state index contributed by atoms with van der Waals surface area (Å²) >= 11 is 0. The van der Waals surface area contributed by atoms with Gasteiger partial charge in [-0.2, -0.15) is 0 Å². The van der Waals surface area contributed by atoms with Gasteiger partial charge in [0.15, 0.2) is 0 Å². The van der Waals surface area contributed by atoms with Crippen LogP contribution in [-0.2, 0) is 43.1 Å². The molecule has 0 aromatic rings. The largest absolute Gasteiger partial charge is 0.458 e. The van der Waals surface area contributed by atoms with Gasteiger partial charge in [0.1, 0.15) is 48.4 Å². The Morgan fingerprint density at radius 1 is 0.491 bits per heavy atom. The first kappa shape index (κ1) is 48.8. The monoisotopic (exact) mass is 780 g/mol. The van der Waals surface area contributed by atoms with Gasteiger partial charge in [0.25, 0.3) is 0 Å². The van der Waals surface area contributed by atoms with E-state index in [1.807, 2.05) is 69.2 Å². The highest BCUT2D eigenvalue weighted by atomic mass is 16.5. The van der Waals surface area contributed by atoms with Gasteiger partial charge < -0.3 is 42.0 Å². The second-order valence-electron chi connectivity index (χ2n) is 17.0. The highest BCUT2D eigenvalue weighted by Gasteiger charge is 2.36. The molecule has 1 aliphatic rings. The Morgan fingerprint density at radius 2 is 0.818 bits per heavy atom. The van der Waals surface area contributed by atoms with Gasteiger partial charge in [0.2, 0.25) is 41.4 Å². The number of hydrogen-bond acceptors (Lipinski definition) is 9. The minimum absolute atomic E-state index is 0.0472. The molecule has 1 rings (SSSR count). The summed E-state index contributed by atoms with van der Waals surface area (Å²) in [6.45, 7) is 22.8. The molecule has 0 aromatic carbocycles. The molecule has 0 bridgehead atoms. The van der Waals surface area contributed by atoms with Crippen LogP contribution in [0.25, 0.3) is 0 Å². The first-order valence-corrected chi connectivity index (χ1v) is 19.7. The summed E-state index contributed by atoms with van der Waals surface area (Å²) in [4.78, 5) is 108. The smallest absolute Gasteiger partial charge is 0.328 e. The lowest BCUT2D eigenvalue weighted by Crippen LogP contribution is -2.61. The number of carbonyl (C=O) groups is 8. The van der Waals surface area contributed by atoms with Crippen molar-refractivity contribution in [2.45, 2.75) is 171 Å². The molecule has 0 aromatic heterocycles. The van der Waals surface area contributed by atoms with Crippen LogP contribution in [0.2, 0.25) is 0 Å². The molecule has 1 aliphatic heterocycles. The van der Waals surface area contributed by atoms with Crippen molar-refractivity contribution >= 4 is 47.3 Å². The molecule has 0 unspecified atom stereocenters. The summed E-state index contributed by atoms with van der Waals surface area (Å²) in [6, 6.07) is -8.20. The van der Waals surface area contributed by atoms with Crippen LogP contribution in [0.4, 0.5) is 0 Å². The molecule has 0 radical (unpaired) electrons. The average Bonchev–Trinajstić information content (AvgIpc) is 3.03. The fourth-order valence-corrected chi connectivity index (χ4v) is 6.02. The van der Waals surface area contributed by atoms with Crippen molar-refractivity contribution < 1.29 is 43.1 Å². The van der Waals surface area contributed by atoms with Crippen molar-refractivity contribution in [1.82, 2.24) is 37.2 Å². The molecule has 0 spiro atoms. The number of hydrogen-bond donors (Lipinski definition) is 7. The molecule has 16 heteroatoms. The van der Waals surface area contributed by atoms with Crippen molar-refractivity contribution in [1.29, 1.82) is 0 Å². The second kappa shape index (κ2) is 23.0. The van der Waals surface area contributed by atoms with Crippen molar-refractivity contribution in [2.24, 2.45) is 29.6 Å². The molecule has 0 saturated carbocycles. The zero-order valence-electron chi connectivity index (χ0n) is 35.2. The minimum atomic E-state index is -1.43. The third-order valence-corrected chi connectivity index (χ3v) is 8.79. The Morgan fingerprint density at radius 3 is 1.16 bits per heavy atom. The van der Waals surface area contributed by atoms with Crippen LogP contribution in [0.1, 0.15) is 122 Å². The van der Waals surface area contributed by atoms with Gasteiger partial charge in [-0.1, -0.05) is 69.2 Å². The first-order chi connectivity index (χ1) is 25.4. The Labute approximate surface area is 327 Å². The van der Waals surface area contributed by atoms with E-state index in [1.165, 1.54) is 20.8 Å². The molecular weight excluding hydrogens is 710 g/mol. The maximum atomic E-state index is 13.9. The molecule has 7 N–H and O–H groups in total. The molecule has 0 aliphatic carbocycles. The van der Waals surface area contributed by atoms with Crippen LogP contribution < -0.4 is 37.2 Å². The summed E-state index contributed by atoms with van der Waals surface area (Å²) in [7, 11) is 0. The number of rotatable bonds is 11. The SMILES string of the molecule is CC(C)CC(=O)N[C@@H]1C(=O)N[C@@H](C)C(=O)N[C@@H](CC(C)C)C(=O)N[C@H](CC(C)C)C(=O)N[C@H](CC(C)C)C(=O)N[C@@H](CC(C)C)C(=O)N[C@@H](C)C(=O)O[C@@H]1C. The minimum Gasteiger partial charge on any atom is -0.458 e. The summed E-state index contributed by atoms with van der Waals surface area (Å²) in [6.07, 6.45) is -0.339. The van der Waals surface area contributed by atoms with E-state index in [1.54, 1.807) is 0 Å². The fraction of sp³-hybridized carbons (Fsp3) is 0.795. The van der Waals surface area contributed by atoms with E-state index in [4.69, 9.17) is 4.74 Å². The van der Waals surface area contributed by atoms with Gasteiger partial charge in [0, 0.05) is 6.42 Å². The van der Waals surface area contributed by atoms with E-state index in [9.17, 15) is 38.4 Å². The van der Waals surface area contributed by atoms with Crippen LogP contribution in [-0.4, -0.2) is 95.7 Å². The second-order valence-corrected chi connectivity index (χ2v) is 17.0.